The summed E-state index contributed by atoms with van der Waals surface area (Å²) >= 11 is 6.01. The van der Waals surface area contributed by atoms with Crippen molar-refractivity contribution < 1.29 is 9.47 Å². The second kappa shape index (κ2) is 6.07. The molecule has 0 saturated heterocycles. The Bertz CT molecular complexity index is 824. The summed E-state index contributed by atoms with van der Waals surface area (Å²) in [5.41, 5.74) is 2.40. The minimum Gasteiger partial charge on any atom is -0.493 e. The second-order valence-corrected chi connectivity index (χ2v) is 5.05. The third kappa shape index (κ3) is 2.76. The lowest BCUT2D eigenvalue weighted by Gasteiger charge is -2.12. The van der Waals surface area contributed by atoms with Crippen LogP contribution in [0.3, 0.4) is 0 Å². The summed E-state index contributed by atoms with van der Waals surface area (Å²) in [6, 6.07) is 11.1. The van der Waals surface area contributed by atoms with Crippen LogP contribution in [0, 0.1) is 0 Å². The molecule has 22 heavy (non-hydrogen) atoms. The molecule has 0 saturated carbocycles. The van der Waals surface area contributed by atoms with E-state index in [0.717, 1.165) is 16.8 Å². The van der Waals surface area contributed by atoms with Crippen molar-refractivity contribution in [3.8, 4) is 11.5 Å². The van der Waals surface area contributed by atoms with Gasteiger partial charge in [-0.15, -0.1) is 0 Å². The first kappa shape index (κ1) is 14.4. The van der Waals surface area contributed by atoms with Crippen LogP contribution >= 0.6 is 11.6 Å². The molecule has 3 aromatic rings. The number of nitrogens with one attached hydrogen (secondary N) is 1. The lowest BCUT2D eigenvalue weighted by Crippen LogP contribution is -1.97. The standard InChI is InChI=1S/C16H14ClN3O2/c1-21-15-7-12-13(8-16(15)22-2)20-18-9-14(12)19-11-5-3-4-10(17)6-11/h3-9H,1-2H3,(H,19,20). The number of fused-ring (bicyclic) bond motifs is 1. The van der Waals surface area contributed by atoms with E-state index in [9.17, 15) is 0 Å². The Morgan fingerprint density at radius 3 is 2.55 bits per heavy atom. The molecule has 0 aliphatic heterocycles. The number of rotatable bonds is 4. The average Bonchev–Trinajstić information content (AvgIpc) is 2.54. The number of ether oxygens (including phenoxy) is 2. The van der Waals surface area contributed by atoms with Crippen LogP contribution in [0.25, 0.3) is 10.9 Å². The van der Waals surface area contributed by atoms with Crippen molar-refractivity contribution in [2.75, 3.05) is 19.5 Å². The van der Waals surface area contributed by atoms with Gasteiger partial charge in [-0.05, 0) is 24.3 Å². The first-order valence-electron chi connectivity index (χ1n) is 6.61. The highest BCUT2D eigenvalue weighted by atomic mass is 35.5. The quantitative estimate of drug-likeness (QED) is 0.787. The zero-order valence-corrected chi connectivity index (χ0v) is 12.9. The van der Waals surface area contributed by atoms with Crippen LogP contribution in [0.5, 0.6) is 11.5 Å². The van der Waals surface area contributed by atoms with Crippen LogP contribution < -0.4 is 14.8 Å². The molecule has 0 aliphatic rings. The monoisotopic (exact) mass is 315 g/mol. The Morgan fingerprint density at radius 2 is 1.82 bits per heavy atom. The van der Waals surface area contributed by atoms with Crippen LogP contribution in [0.4, 0.5) is 11.4 Å². The highest BCUT2D eigenvalue weighted by Crippen LogP contribution is 2.35. The van der Waals surface area contributed by atoms with Crippen LogP contribution in [-0.4, -0.2) is 24.4 Å². The molecule has 0 bridgehead atoms. The summed E-state index contributed by atoms with van der Waals surface area (Å²) in [4.78, 5) is 0. The summed E-state index contributed by atoms with van der Waals surface area (Å²) in [5.74, 6) is 1.25. The van der Waals surface area contributed by atoms with Gasteiger partial charge in [0.1, 0.15) is 0 Å². The van der Waals surface area contributed by atoms with Crippen molar-refractivity contribution in [1.29, 1.82) is 0 Å². The summed E-state index contributed by atoms with van der Waals surface area (Å²) in [6.45, 7) is 0. The molecule has 5 nitrogen and oxygen atoms in total. The van der Waals surface area contributed by atoms with Crippen molar-refractivity contribution >= 4 is 33.9 Å². The molecule has 0 spiro atoms. The van der Waals surface area contributed by atoms with Gasteiger partial charge in [0.2, 0.25) is 0 Å². The molecule has 0 atom stereocenters. The topological polar surface area (TPSA) is 56.3 Å². The molecular weight excluding hydrogens is 302 g/mol. The van der Waals surface area contributed by atoms with E-state index in [-0.39, 0.29) is 0 Å². The number of methoxy groups -OCH3 is 2. The van der Waals surface area contributed by atoms with Crippen LogP contribution in [0.1, 0.15) is 0 Å². The van der Waals surface area contributed by atoms with Gasteiger partial charge in [0.15, 0.2) is 11.5 Å². The molecule has 0 unspecified atom stereocenters. The Balaban J connectivity index is 2.09. The highest BCUT2D eigenvalue weighted by Gasteiger charge is 2.10. The van der Waals surface area contributed by atoms with Crippen molar-refractivity contribution in [2.24, 2.45) is 0 Å². The maximum absolute atomic E-state index is 6.01. The van der Waals surface area contributed by atoms with Gasteiger partial charge in [0.25, 0.3) is 0 Å². The van der Waals surface area contributed by atoms with E-state index in [2.05, 4.69) is 15.5 Å². The Kier molecular flexibility index (Phi) is 3.98. The van der Waals surface area contributed by atoms with Gasteiger partial charge < -0.3 is 14.8 Å². The third-order valence-corrected chi connectivity index (χ3v) is 3.48. The number of benzene rings is 2. The van der Waals surface area contributed by atoms with Crippen molar-refractivity contribution in [1.82, 2.24) is 10.2 Å². The normalized spacial score (nSPS) is 10.5. The van der Waals surface area contributed by atoms with E-state index in [4.69, 9.17) is 21.1 Å². The molecule has 0 radical (unpaired) electrons. The maximum Gasteiger partial charge on any atom is 0.162 e. The molecule has 0 amide bonds. The number of hydrogen-bond donors (Lipinski definition) is 1. The number of hydrogen-bond acceptors (Lipinski definition) is 5. The molecule has 1 N–H and O–H groups in total. The lowest BCUT2D eigenvalue weighted by molar-refractivity contribution is 0.356. The van der Waals surface area contributed by atoms with Gasteiger partial charge in [-0.25, -0.2) is 0 Å². The van der Waals surface area contributed by atoms with Crippen molar-refractivity contribution in [2.45, 2.75) is 0 Å². The number of aromatic nitrogens is 2. The second-order valence-electron chi connectivity index (χ2n) is 4.62. The van der Waals surface area contributed by atoms with Crippen molar-refractivity contribution in [3.05, 3.63) is 47.6 Å². The first-order valence-corrected chi connectivity index (χ1v) is 6.99. The predicted octanol–water partition coefficient (Wildman–Crippen LogP) is 4.04. The van der Waals surface area contributed by atoms with E-state index in [1.54, 1.807) is 26.5 Å². The fourth-order valence-electron chi connectivity index (χ4n) is 2.21. The molecule has 0 aliphatic carbocycles. The third-order valence-electron chi connectivity index (χ3n) is 3.25. The largest absolute Gasteiger partial charge is 0.493 e. The minimum atomic E-state index is 0.615. The molecule has 0 fully saturated rings. The van der Waals surface area contributed by atoms with E-state index in [1.165, 1.54) is 0 Å². The van der Waals surface area contributed by atoms with E-state index in [0.29, 0.717) is 22.0 Å². The van der Waals surface area contributed by atoms with Gasteiger partial charge in [-0.3, -0.25) is 0 Å². The van der Waals surface area contributed by atoms with Crippen molar-refractivity contribution in [3.63, 3.8) is 0 Å². The first-order chi connectivity index (χ1) is 10.7. The minimum absolute atomic E-state index is 0.615. The van der Waals surface area contributed by atoms with Crippen LogP contribution in [-0.2, 0) is 0 Å². The van der Waals surface area contributed by atoms with Gasteiger partial charge in [-0.1, -0.05) is 17.7 Å². The molecule has 6 heteroatoms. The highest BCUT2D eigenvalue weighted by molar-refractivity contribution is 6.30. The molecule has 1 aromatic heterocycles. The van der Waals surface area contributed by atoms with Crippen LogP contribution in [0.15, 0.2) is 42.6 Å². The molecule has 2 aromatic carbocycles. The SMILES string of the molecule is COc1cc2nncc(Nc3cccc(Cl)c3)c2cc1OC. The van der Waals surface area contributed by atoms with Gasteiger partial charge >= 0.3 is 0 Å². The number of halogens is 1. The Morgan fingerprint density at radius 1 is 1.05 bits per heavy atom. The summed E-state index contributed by atoms with van der Waals surface area (Å²) < 4.78 is 10.6. The summed E-state index contributed by atoms with van der Waals surface area (Å²) in [5, 5.41) is 13.0. The van der Waals surface area contributed by atoms with E-state index >= 15 is 0 Å². The molecule has 1 heterocycles. The zero-order chi connectivity index (χ0) is 15.5. The fourth-order valence-corrected chi connectivity index (χ4v) is 2.40. The fraction of sp³-hybridized carbons (Fsp3) is 0.125. The van der Waals surface area contributed by atoms with Gasteiger partial charge in [-0.2, -0.15) is 10.2 Å². The summed E-state index contributed by atoms with van der Waals surface area (Å²) in [7, 11) is 3.19. The lowest BCUT2D eigenvalue weighted by atomic mass is 10.1. The number of nitrogens with zero attached hydrogens (tertiary/aromatic N) is 2. The predicted molar refractivity (Wildman–Crippen MR) is 87.4 cm³/mol. The zero-order valence-electron chi connectivity index (χ0n) is 12.1. The number of anilines is 2. The maximum atomic E-state index is 6.01. The molecular formula is C16H14ClN3O2. The van der Waals surface area contributed by atoms with E-state index in [1.807, 2.05) is 30.3 Å². The van der Waals surface area contributed by atoms with E-state index < -0.39 is 0 Å². The van der Waals surface area contributed by atoms with Crippen LogP contribution in [0.2, 0.25) is 5.02 Å². The summed E-state index contributed by atoms with van der Waals surface area (Å²) in [6.07, 6.45) is 1.66. The van der Waals surface area contributed by atoms with Gasteiger partial charge in [0, 0.05) is 22.2 Å². The molecule has 3 rings (SSSR count). The average molecular weight is 316 g/mol. The molecule has 112 valence electrons. The van der Waals surface area contributed by atoms with Gasteiger partial charge in [0.05, 0.1) is 31.6 Å². The Hall–Kier alpha value is -2.53. The smallest absolute Gasteiger partial charge is 0.162 e. The Labute approximate surface area is 132 Å².